The lowest BCUT2D eigenvalue weighted by molar-refractivity contribution is -0.119. The highest BCUT2D eigenvalue weighted by atomic mass is 79.9. The third-order valence-corrected chi connectivity index (χ3v) is 7.11. The van der Waals surface area contributed by atoms with Crippen LogP contribution >= 0.6 is 27.5 Å². The zero-order chi connectivity index (χ0) is 25.7. The van der Waals surface area contributed by atoms with Gasteiger partial charge in [-0.3, -0.25) is 9.78 Å². The third kappa shape index (κ3) is 6.05. The van der Waals surface area contributed by atoms with E-state index >= 15 is 0 Å². The second-order valence-electron chi connectivity index (χ2n) is 8.55. The van der Waals surface area contributed by atoms with Crippen LogP contribution in [-0.2, 0) is 24.4 Å². The molecule has 36 heavy (non-hydrogen) atoms. The van der Waals surface area contributed by atoms with Crippen molar-refractivity contribution in [1.29, 1.82) is 5.26 Å². The van der Waals surface area contributed by atoms with Gasteiger partial charge in [-0.25, -0.2) is 0 Å². The Labute approximate surface area is 223 Å². The summed E-state index contributed by atoms with van der Waals surface area (Å²) >= 11 is 10.2. The van der Waals surface area contributed by atoms with Crippen LogP contribution in [0.1, 0.15) is 47.3 Å². The Morgan fingerprint density at radius 2 is 2.17 bits per heavy atom. The van der Waals surface area contributed by atoms with Gasteiger partial charge in [-0.1, -0.05) is 39.7 Å². The first-order chi connectivity index (χ1) is 17.4. The zero-order valence-electron chi connectivity index (χ0n) is 19.6. The van der Waals surface area contributed by atoms with Crippen LogP contribution in [0, 0.1) is 11.3 Å². The Morgan fingerprint density at radius 3 is 2.92 bits per heavy atom. The number of aromatic nitrogens is 1. The summed E-state index contributed by atoms with van der Waals surface area (Å²) < 4.78 is 13.5. The predicted octanol–water partition coefficient (Wildman–Crippen LogP) is 5.05. The maximum atomic E-state index is 11.8. The summed E-state index contributed by atoms with van der Waals surface area (Å²) in [6.07, 6.45) is 4.72. The number of ketones is 1. The quantitative estimate of drug-likeness (QED) is 0.351. The molecule has 186 valence electrons. The van der Waals surface area contributed by atoms with Crippen LogP contribution < -0.4 is 14.8 Å². The average Bonchev–Trinajstić information content (AvgIpc) is 3.29. The summed E-state index contributed by atoms with van der Waals surface area (Å²) in [5.41, 5.74) is 4.24. The summed E-state index contributed by atoms with van der Waals surface area (Å²) in [7, 11) is 0. The molecule has 0 unspecified atom stereocenters. The van der Waals surface area contributed by atoms with Gasteiger partial charge >= 0.3 is 0 Å². The number of rotatable bonds is 10. The molecule has 0 saturated carbocycles. The largest absolute Gasteiger partial charge is 0.488 e. The fraction of sp³-hybridized carbons (Fsp3) is 0.296. The van der Waals surface area contributed by atoms with Gasteiger partial charge < -0.3 is 19.9 Å². The Morgan fingerprint density at radius 1 is 1.33 bits per heavy atom. The summed E-state index contributed by atoms with van der Waals surface area (Å²) in [6, 6.07) is 12.7. The molecular weight excluding hydrogens is 546 g/mol. The highest BCUT2D eigenvalue weighted by Crippen LogP contribution is 2.41. The SMILES string of the molecule is CC(=O)[C@H](CO)NCc1cc(Cl)c(O[C@H]2CCc3c(Br)cccc32)cc1OCc1cncc(C#N)c1. The van der Waals surface area contributed by atoms with Crippen molar-refractivity contribution in [3.05, 3.63) is 86.1 Å². The van der Waals surface area contributed by atoms with E-state index in [2.05, 4.69) is 38.4 Å². The number of aliphatic hydroxyl groups is 1. The van der Waals surface area contributed by atoms with Crippen molar-refractivity contribution in [3.8, 4) is 17.6 Å². The van der Waals surface area contributed by atoms with E-state index < -0.39 is 6.04 Å². The molecule has 2 atom stereocenters. The van der Waals surface area contributed by atoms with E-state index in [4.69, 9.17) is 26.3 Å². The molecule has 0 radical (unpaired) electrons. The molecule has 0 saturated heterocycles. The van der Waals surface area contributed by atoms with E-state index in [1.165, 1.54) is 18.7 Å². The van der Waals surface area contributed by atoms with Crippen LogP contribution in [0.5, 0.6) is 11.5 Å². The van der Waals surface area contributed by atoms with E-state index in [1.807, 2.05) is 12.1 Å². The number of aliphatic hydroxyl groups excluding tert-OH is 1. The van der Waals surface area contributed by atoms with Gasteiger partial charge in [-0.2, -0.15) is 5.26 Å². The zero-order valence-corrected chi connectivity index (χ0v) is 22.0. The van der Waals surface area contributed by atoms with Gasteiger partial charge in [0.2, 0.25) is 0 Å². The van der Waals surface area contributed by atoms with Gasteiger partial charge in [-0.15, -0.1) is 0 Å². The van der Waals surface area contributed by atoms with E-state index in [9.17, 15) is 9.90 Å². The van der Waals surface area contributed by atoms with Crippen molar-refractivity contribution in [2.75, 3.05) is 6.61 Å². The van der Waals surface area contributed by atoms with Crippen LogP contribution in [0.4, 0.5) is 0 Å². The van der Waals surface area contributed by atoms with Gasteiger partial charge in [0, 0.05) is 40.6 Å². The lowest BCUT2D eigenvalue weighted by atomic mass is 10.1. The van der Waals surface area contributed by atoms with Crippen LogP contribution in [-0.4, -0.2) is 28.5 Å². The maximum absolute atomic E-state index is 11.8. The van der Waals surface area contributed by atoms with Gasteiger partial charge in [0.1, 0.15) is 36.1 Å². The minimum Gasteiger partial charge on any atom is -0.488 e. The number of nitriles is 1. The fourth-order valence-electron chi connectivity index (χ4n) is 4.14. The Kier molecular flexibility index (Phi) is 8.60. The van der Waals surface area contributed by atoms with Crippen molar-refractivity contribution in [2.45, 2.75) is 45.1 Å². The predicted molar refractivity (Wildman–Crippen MR) is 139 cm³/mol. The average molecular weight is 571 g/mol. The number of Topliss-reactive ketones (excluding diaryl/α,β-unsaturated/α-hetero) is 1. The number of carbonyl (C=O) groups excluding carboxylic acids is 1. The molecule has 2 aromatic carbocycles. The molecule has 4 rings (SSSR count). The number of halogens is 2. The van der Waals surface area contributed by atoms with Gasteiger partial charge in [0.15, 0.2) is 0 Å². The monoisotopic (exact) mass is 569 g/mol. The number of hydrogen-bond donors (Lipinski definition) is 2. The Hall–Kier alpha value is -2.96. The maximum Gasteiger partial charge on any atom is 0.149 e. The third-order valence-electron chi connectivity index (χ3n) is 6.07. The molecule has 0 aliphatic heterocycles. The first-order valence-corrected chi connectivity index (χ1v) is 12.6. The minimum absolute atomic E-state index is 0.139. The second kappa shape index (κ2) is 11.8. The molecule has 1 aliphatic rings. The lowest BCUT2D eigenvalue weighted by Crippen LogP contribution is -2.38. The number of ether oxygens (including phenoxy) is 2. The van der Waals surface area contributed by atoms with Crippen molar-refractivity contribution >= 4 is 33.3 Å². The highest BCUT2D eigenvalue weighted by Gasteiger charge is 2.27. The molecule has 7 nitrogen and oxygen atoms in total. The highest BCUT2D eigenvalue weighted by molar-refractivity contribution is 9.10. The molecular formula is C27H25BrClN3O4. The van der Waals surface area contributed by atoms with Crippen LogP contribution in [0.25, 0.3) is 0 Å². The topological polar surface area (TPSA) is 104 Å². The van der Waals surface area contributed by atoms with E-state index in [1.54, 1.807) is 24.4 Å². The van der Waals surface area contributed by atoms with Crippen LogP contribution in [0.3, 0.4) is 0 Å². The Bertz CT molecular complexity index is 1310. The van der Waals surface area contributed by atoms with Crippen molar-refractivity contribution in [1.82, 2.24) is 10.3 Å². The number of nitrogens with one attached hydrogen (secondary N) is 1. The van der Waals surface area contributed by atoms with E-state index in [0.717, 1.165) is 28.4 Å². The van der Waals surface area contributed by atoms with Crippen molar-refractivity contribution in [3.63, 3.8) is 0 Å². The van der Waals surface area contributed by atoms with Crippen LogP contribution in [0.15, 0.2) is 53.3 Å². The molecule has 1 aliphatic carbocycles. The number of fused-ring (bicyclic) bond motifs is 1. The first kappa shape index (κ1) is 26.1. The first-order valence-electron chi connectivity index (χ1n) is 11.5. The van der Waals surface area contributed by atoms with Crippen LogP contribution in [0.2, 0.25) is 5.02 Å². The molecule has 3 aromatic rings. The summed E-state index contributed by atoms with van der Waals surface area (Å²) in [6.45, 7) is 1.52. The second-order valence-corrected chi connectivity index (χ2v) is 9.81. The molecule has 0 amide bonds. The smallest absolute Gasteiger partial charge is 0.149 e. The lowest BCUT2D eigenvalue weighted by Gasteiger charge is -2.20. The minimum atomic E-state index is -0.697. The molecule has 9 heteroatoms. The van der Waals surface area contributed by atoms with Gasteiger partial charge in [-0.05, 0) is 49.1 Å². The molecule has 1 aromatic heterocycles. The molecule has 1 heterocycles. The fourth-order valence-corrected chi connectivity index (χ4v) is 4.96. The number of pyridine rings is 1. The number of nitrogens with zero attached hydrogens (tertiary/aromatic N) is 2. The van der Waals surface area contributed by atoms with Gasteiger partial charge in [0.05, 0.1) is 23.2 Å². The van der Waals surface area contributed by atoms with Crippen molar-refractivity contribution in [2.24, 2.45) is 0 Å². The van der Waals surface area contributed by atoms with E-state index in [0.29, 0.717) is 27.6 Å². The van der Waals surface area contributed by atoms with Gasteiger partial charge in [0.25, 0.3) is 0 Å². The summed E-state index contributed by atoms with van der Waals surface area (Å²) in [5, 5.41) is 22.1. The number of carbonyl (C=O) groups is 1. The molecule has 0 spiro atoms. The number of benzene rings is 2. The van der Waals surface area contributed by atoms with Crippen molar-refractivity contribution < 1.29 is 19.4 Å². The summed E-state index contributed by atoms with van der Waals surface area (Å²) in [5.74, 6) is 0.829. The molecule has 2 N–H and O–H groups in total. The normalized spacial score (nSPS) is 15.1. The number of hydrogen-bond acceptors (Lipinski definition) is 7. The standard InChI is InChI=1S/C27H25BrClN3O4/c1-16(34)24(14-33)32-13-19-8-23(29)27(36-25-6-5-20-21(25)3-2-4-22(20)28)9-26(19)35-15-18-7-17(10-30)11-31-12-18/h2-4,7-9,11-12,24-25,32-33H,5-6,13-15H2,1H3/t24-,25-/m0/s1. The molecule has 0 bridgehead atoms. The Balaban J connectivity index is 1.60. The molecule has 0 fully saturated rings. The summed E-state index contributed by atoms with van der Waals surface area (Å²) in [4.78, 5) is 15.8. The van der Waals surface area contributed by atoms with E-state index in [-0.39, 0.29) is 31.6 Å².